The molecule has 0 atom stereocenters. The van der Waals surface area contributed by atoms with Crippen LogP contribution >= 0.6 is 0 Å². The van der Waals surface area contributed by atoms with Gasteiger partial charge in [-0.05, 0) is 60.0 Å². The first-order valence-electron chi connectivity index (χ1n) is 10.1. The molecule has 1 fully saturated rings. The molecular weight excluding hydrogens is 425 g/mol. The molecule has 32 heavy (non-hydrogen) atoms. The highest BCUT2D eigenvalue weighted by Gasteiger charge is 2.13. The average molecular weight is 449 g/mol. The number of Topliss-reactive ketones (excluding diaryl/α,β-unsaturated/α-hetero) is 1. The minimum Gasteiger partial charge on any atom is -0.539 e. The Balaban J connectivity index is 0.000000650. The summed E-state index contributed by atoms with van der Waals surface area (Å²) in [5.41, 5.74) is 4.38. The van der Waals surface area contributed by atoms with Crippen molar-refractivity contribution >= 4 is 35.0 Å². The van der Waals surface area contributed by atoms with E-state index in [2.05, 4.69) is 4.98 Å². The number of ketones is 1. The minimum absolute atomic E-state index is 0.269. The molecule has 2 aromatic carbocycles. The van der Waals surface area contributed by atoms with Crippen molar-refractivity contribution in [1.29, 1.82) is 0 Å². The number of carbonyl (C=O) groups excluding carboxylic acids is 1. The van der Waals surface area contributed by atoms with Gasteiger partial charge in [0, 0.05) is 30.9 Å². The van der Waals surface area contributed by atoms with Crippen LogP contribution in [0.4, 0.5) is 0 Å². The molecule has 0 amide bonds. The van der Waals surface area contributed by atoms with Crippen LogP contribution in [0.15, 0.2) is 71.8 Å². The second kappa shape index (κ2) is 10.4. The number of pyridine rings is 1. The van der Waals surface area contributed by atoms with Gasteiger partial charge in [-0.2, -0.15) is 0 Å². The van der Waals surface area contributed by atoms with Crippen LogP contribution in [0.2, 0.25) is 0 Å². The number of sulfone groups is 1. The zero-order valence-electron chi connectivity index (χ0n) is 18.0. The van der Waals surface area contributed by atoms with Crippen molar-refractivity contribution in [3.8, 4) is 5.75 Å². The van der Waals surface area contributed by atoms with Gasteiger partial charge in [0.2, 0.25) is 0 Å². The van der Waals surface area contributed by atoms with E-state index in [1.54, 1.807) is 36.5 Å². The number of hydrogen-bond donors (Lipinski definition) is 1. The van der Waals surface area contributed by atoms with Gasteiger partial charge < -0.3 is 9.68 Å². The van der Waals surface area contributed by atoms with Gasteiger partial charge >= 0.3 is 7.69 Å². The first-order valence-corrected chi connectivity index (χ1v) is 12.0. The summed E-state index contributed by atoms with van der Waals surface area (Å²) in [5, 5.41) is 8.97. The van der Waals surface area contributed by atoms with Gasteiger partial charge in [0.05, 0.1) is 10.6 Å². The smallest absolute Gasteiger partial charge is 0.504 e. The molecule has 0 saturated heterocycles. The first kappa shape index (κ1) is 23.4. The third-order valence-electron chi connectivity index (χ3n) is 4.64. The highest BCUT2D eigenvalue weighted by atomic mass is 32.2. The second-order valence-corrected chi connectivity index (χ2v) is 9.48. The highest BCUT2D eigenvalue weighted by Crippen LogP contribution is 2.27. The fraction of sp³-hybridized carbons (Fsp3) is 0.167. The maximum absolute atomic E-state index is 11.8. The number of carbonyl (C=O) groups is 1. The molecular formula is C24H24BNO5S. The van der Waals surface area contributed by atoms with Crippen molar-refractivity contribution in [2.45, 2.75) is 24.7 Å². The standard InChI is InChI=1S/C21H20BNO4S.C3H4O/c1-15-6-11-21(23-14-15)20(13-16-4-3-5-18(12-16)27-22-24)17-7-9-19(10-8-17)28(2,25)26;4-3-1-2-3/h3-14,22,24H,1-2H3;1-2H2/b20-13+;. The Bertz CT molecular complexity index is 1210. The summed E-state index contributed by atoms with van der Waals surface area (Å²) in [5.74, 6) is 0.972. The van der Waals surface area contributed by atoms with Gasteiger partial charge in [-0.15, -0.1) is 0 Å². The quantitative estimate of drug-likeness (QED) is 0.458. The van der Waals surface area contributed by atoms with Gasteiger partial charge in [0.25, 0.3) is 0 Å². The first-order chi connectivity index (χ1) is 15.3. The fourth-order valence-corrected chi connectivity index (χ4v) is 3.43. The lowest BCUT2D eigenvalue weighted by Crippen LogP contribution is -1.99. The fourth-order valence-electron chi connectivity index (χ4n) is 2.80. The number of benzene rings is 2. The molecule has 1 aliphatic carbocycles. The Morgan fingerprint density at radius 1 is 1.09 bits per heavy atom. The van der Waals surface area contributed by atoms with Crippen LogP contribution in [0.5, 0.6) is 5.75 Å². The Labute approximate surface area is 188 Å². The predicted octanol–water partition coefficient (Wildman–Crippen LogP) is 3.37. The molecule has 1 aliphatic rings. The maximum atomic E-state index is 11.8. The minimum atomic E-state index is -3.26. The second-order valence-electron chi connectivity index (χ2n) is 7.46. The van der Waals surface area contributed by atoms with Gasteiger partial charge in [-0.1, -0.05) is 30.3 Å². The van der Waals surface area contributed by atoms with Crippen molar-refractivity contribution in [2.24, 2.45) is 0 Å². The monoisotopic (exact) mass is 449 g/mol. The summed E-state index contributed by atoms with van der Waals surface area (Å²) in [6.45, 7) is 1.97. The van der Waals surface area contributed by atoms with Crippen molar-refractivity contribution < 1.29 is 22.9 Å². The summed E-state index contributed by atoms with van der Waals surface area (Å²) < 4.78 is 28.7. The van der Waals surface area contributed by atoms with Crippen LogP contribution in [-0.2, 0) is 14.6 Å². The number of aryl methyl sites for hydroxylation is 1. The molecule has 1 saturated carbocycles. The summed E-state index contributed by atoms with van der Waals surface area (Å²) in [6, 6.07) is 18.0. The van der Waals surface area contributed by atoms with Gasteiger partial charge in [-0.3, -0.25) is 9.78 Å². The summed E-state index contributed by atoms with van der Waals surface area (Å²) in [7, 11) is -3.66. The van der Waals surface area contributed by atoms with E-state index in [1.165, 1.54) is 6.26 Å². The van der Waals surface area contributed by atoms with Crippen LogP contribution in [0.1, 0.15) is 35.2 Å². The predicted molar refractivity (Wildman–Crippen MR) is 126 cm³/mol. The molecule has 6 nitrogen and oxygen atoms in total. The number of hydrogen-bond acceptors (Lipinski definition) is 6. The molecule has 1 heterocycles. The largest absolute Gasteiger partial charge is 0.539 e. The zero-order valence-corrected chi connectivity index (χ0v) is 18.8. The number of aromatic nitrogens is 1. The van der Waals surface area contributed by atoms with E-state index in [0.717, 1.165) is 40.8 Å². The molecule has 0 aliphatic heterocycles. The highest BCUT2D eigenvalue weighted by molar-refractivity contribution is 7.90. The van der Waals surface area contributed by atoms with Crippen LogP contribution in [0, 0.1) is 6.92 Å². The van der Waals surface area contributed by atoms with E-state index < -0.39 is 17.5 Å². The molecule has 1 aromatic heterocycles. The summed E-state index contributed by atoms with van der Waals surface area (Å²) in [6.07, 6.45) is 6.63. The zero-order chi connectivity index (χ0) is 23.1. The van der Waals surface area contributed by atoms with Crippen LogP contribution < -0.4 is 4.65 Å². The number of rotatable bonds is 6. The number of nitrogens with zero attached hydrogens (tertiary/aromatic N) is 1. The van der Waals surface area contributed by atoms with Gasteiger partial charge in [-0.25, -0.2) is 8.42 Å². The molecule has 0 spiro atoms. The van der Waals surface area contributed by atoms with Crippen molar-refractivity contribution in [2.75, 3.05) is 6.26 Å². The van der Waals surface area contributed by atoms with E-state index >= 15 is 0 Å². The molecule has 0 unspecified atom stereocenters. The molecule has 8 heteroatoms. The van der Waals surface area contributed by atoms with E-state index in [4.69, 9.17) is 9.68 Å². The van der Waals surface area contributed by atoms with E-state index in [-0.39, 0.29) is 4.90 Å². The van der Waals surface area contributed by atoms with Gasteiger partial charge in [0.1, 0.15) is 11.5 Å². The molecule has 0 bridgehead atoms. The lowest BCUT2D eigenvalue weighted by atomic mass is 9.99. The van der Waals surface area contributed by atoms with Crippen LogP contribution in [-0.4, -0.2) is 38.1 Å². The third-order valence-corrected chi connectivity index (χ3v) is 5.76. The normalized spacial score (nSPS) is 13.1. The third kappa shape index (κ3) is 6.90. The van der Waals surface area contributed by atoms with E-state index in [1.807, 2.05) is 43.3 Å². The maximum Gasteiger partial charge on any atom is 0.504 e. The van der Waals surface area contributed by atoms with E-state index in [9.17, 15) is 13.2 Å². The SMILES string of the molecule is Cc1ccc(/C(=C/c2cccc(OBO)c2)c2ccc(S(C)(=O)=O)cc2)nc1.O=C1CC1. The van der Waals surface area contributed by atoms with Crippen LogP contribution in [0.25, 0.3) is 11.6 Å². The molecule has 1 N–H and O–H groups in total. The lowest BCUT2D eigenvalue weighted by molar-refractivity contribution is -0.109. The van der Waals surface area contributed by atoms with Crippen molar-refractivity contribution in [3.05, 3.63) is 89.2 Å². The molecule has 0 radical (unpaired) electrons. The van der Waals surface area contributed by atoms with Crippen molar-refractivity contribution in [3.63, 3.8) is 0 Å². The lowest BCUT2D eigenvalue weighted by Gasteiger charge is -2.10. The van der Waals surface area contributed by atoms with Crippen molar-refractivity contribution in [1.82, 2.24) is 4.98 Å². The van der Waals surface area contributed by atoms with E-state index in [0.29, 0.717) is 11.5 Å². The molecule has 164 valence electrons. The molecule has 4 rings (SSSR count). The topological polar surface area (TPSA) is 93.6 Å². The molecule has 3 aromatic rings. The van der Waals surface area contributed by atoms with Crippen LogP contribution in [0.3, 0.4) is 0 Å². The Kier molecular flexibility index (Phi) is 7.61. The average Bonchev–Trinajstić information content (AvgIpc) is 3.55. The van der Waals surface area contributed by atoms with Gasteiger partial charge in [0.15, 0.2) is 9.84 Å². The Hall–Kier alpha value is -3.23. The summed E-state index contributed by atoms with van der Waals surface area (Å²) in [4.78, 5) is 14.3. The Morgan fingerprint density at radius 3 is 2.31 bits per heavy atom. The summed E-state index contributed by atoms with van der Waals surface area (Å²) >= 11 is 0. The Morgan fingerprint density at radius 2 is 1.78 bits per heavy atom.